The molecule has 0 amide bonds. The van der Waals surface area contributed by atoms with E-state index in [4.69, 9.17) is 9.47 Å². The zero-order valence-corrected chi connectivity index (χ0v) is 7.30. The summed E-state index contributed by atoms with van der Waals surface area (Å²) in [5.41, 5.74) is 0. The molecule has 3 nitrogen and oxygen atoms in total. The topological polar surface area (TPSA) is 30.5 Å². The highest BCUT2D eigenvalue weighted by Gasteiger charge is 2.17. The van der Waals surface area contributed by atoms with Crippen LogP contribution in [0.4, 0.5) is 0 Å². The molecule has 0 bridgehead atoms. The molecular formula is C8H17NO2. The standard InChI is InChI=1S/C8H17NO2/c1-7(2)9-3-4-11-8-5-10-6-8/h7-9H,3-6H2,1-2H3. The summed E-state index contributed by atoms with van der Waals surface area (Å²) in [4.78, 5) is 0. The maximum atomic E-state index is 5.44. The Balaban J connectivity index is 1.80. The van der Waals surface area contributed by atoms with Crippen molar-refractivity contribution < 1.29 is 9.47 Å². The first-order chi connectivity index (χ1) is 5.29. The molecule has 1 rings (SSSR count). The second kappa shape index (κ2) is 4.70. The second-order valence-corrected chi connectivity index (χ2v) is 3.14. The fourth-order valence-corrected chi connectivity index (χ4v) is 0.883. The Bertz CT molecular complexity index is 102. The summed E-state index contributed by atoms with van der Waals surface area (Å²) in [5, 5.41) is 3.28. The van der Waals surface area contributed by atoms with Crippen LogP contribution >= 0.6 is 0 Å². The zero-order valence-electron chi connectivity index (χ0n) is 7.30. The van der Waals surface area contributed by atoms with E-state index in [-0.39, 0.29) is 0 Å². The van der Waals surface area contributed by atoms with E-state index < -0.39 is 0 Å². The van der Waals surface area contributed by atoms with Gasteiger partial charge < -0.3 is 14.8 Å². The molecule has 0 unspecified atom stereocenters. The summed E-state index contributed by atoms with van der Waals surface area (Å²) < 4.78 is 10.4. The summed E-state index contributed by atoms with van der Waals surface area (Å²) in [6.07, 6.45) is 0.365. The van der Waals surface area contributed by atoms with Crippen LogP contribution in [0, 0.1) is 0 Å². The predicted molar refractivity (Wildman–Crippen MR) is 43.7 cm³/mol. The fourth-order valence-electron chi connectivity index (χ4n) is 0.883. The van der Waals surface area contributed by atoms with E-state index in [1.54, 1.807) is 0 Å². The number of rotatable bonds is 5. The molecule has 0 aromatic rings. The van der Waals surface area contributed by atoms with E-state index in [1.807, 2.05) is 0 Å². The quantitative estimate of drug-likeness (QED) is 0.589. The van der Waals surface area contributed by atoms with Crippen LogP contribution in [-0.4, -0.2) is 38.5 Å². The molecule has 1 heterocycles. The number of hydrogen-bond donors (Lipinski definition) is 1. The first-order valence-electron chi connectivity index (χ1n) is 4.22. The van der Waals surface area contributed by atoms with Crippen LogP contribution in [0.5, 0.6) is 0 Å². The van der Waals surface area contributed by atoms with Crippen molar-refractivity contribution in [3.05, 3.63) is 0 Å². The Kier molecular flexibility index (Phi) is 3.83. The van der Waals surface area contributed by atoms with E-state index in [9.17, 15) is 0 Å². The van der Waals surface area contributed by atoms with Gasteiger partial charge >= 0.3 is 0 Å². The van der Waals surface area contributed by atoms with Crippen molar-refractivity contribution in [2.45, 2.75) is 26.0 Å². The maximum absolute atomic E-state index is 5.44. The summed E-state index contributed by atoms with van der Waals surface area (Å²) in [5.74, 6) is 0. The summed E-state index contributed by atoms with van der Waals surface area (Å²) in [7, 11) is 0. The van der Waals surface area contributed by atoms with Crippen LogP contribution in [-0.2, 0) is 9.47 Å². The van der Waals surface area contributed by atoms with Gasteiger partial charge in [0.1, 0.15) is 6.10 Å². The van der Waals surface area contributed by atoms with Gasteiger partial charge in [0.2, 0.25) is 0 Å². The molecule has 0 aromatic heterocycles. The molecule has 0 aliphatic carbocycles. The minimum absolute atomic E-state index is 0.365. The van der Waals surface area contributed by atoms with E-state index in [1.165, 1.54) is 0 Å². The molecule has 0 radical (unpaired) electrons. The third kappa shape index (κ3) is 3.70. The van der Waals surface area contributed by atoms with Crippen molar-refractivity contribution in [3.8, 4) is 0 Å². The normalized spacial score (nSPS) is 18.8. The minimum Gasteiger partial charge on any atom is -0.376 e. The molecule has 1 N–H and O–H groups in total. The van der Waals surface area contributed by atoms with Gasteiger partial charge in [-0.1, -0.05) is 13.8 Å². The SMILES string of the molecule is CC(C)NCCOC1COC1. The van der Waals surface area contributed by atoms with Gasteiger partial charge in [0.25, 0.3) is 0 Å². The van der Waals surface area contributed by atoms with Crippen molar-refractivity contribution >= 4 is 0 Å². The highest BCUT2D eigenvalue weighted by molar-refractivity contribution is 4.64. The first kappa shape index (κ1) is 8.97. The molecule has 1 saturated heterocycles. The highest BCUT2D eigenvalue weighted by Crippen LogP contribution is 2.03. The van der Waals surface area contributed by atoms with E-state index in [0.717, 1.165) is 26.4 Å². The Labute approximate surface area is 68.1 Å². The fraction of sp³-hybridized carbons (Fsp3) is 1.00. The van der Waals surface area contributed by atoms with Gasteiger partial charge in [0.15, 0.2) is 0 Å². The molecule has 3 heteroatoms. The van der Waals surface area contributed by atoms with Crippen molar-refractivity contribution in [1.82, 2.24) is 5.32 Å². The Morgan fingerprint density at radius 2 is 2.27 bits per heavy atom. The lowest BCUT2D eigenvalue weighted by Gasteiger charge is -2.26. The van der Waals surface area contributed by atoms with Crippen molar-refractivity contribution in [2.75, 3.05) is 26.4 Å². The largest absolute Gasteiger partial charge is 0.376 e. The van der Waals surface area contributed by atoms with Crippen LogP contribution in [0.1, 0.15) is 13.8 Å². The van der Waals surface area contributed by atoms with E-state index in [0.29, 0.717) is 12.1 Å². The number of ether oxygens (including phenoxy) is 2. The Morgan fingerprint density at radius 1 is 1.55 bits per heavy atom. The second-order valence-electron chi connectivity index (χ2n) is 3.14. The molecule has 0 saturated carbocycles. The Hall–Kier alpha value is -0.120. The van der Waals surface area contributed by atoms with Crippen molar-refractivity contribution in [2.24, 2.45) is 0 Å². The van der Waals surface area contributed by atoms with Gasteiger partial charge in [0.05, 0.1) is 19.8 Å². The van der Waals surface area contributed by atoms with Crippen molar-refractivity contribution in [1.29, 1.82) is 0 Å². The predicted octanol–water partition coefficient (Wildman–Crippen LogP) is 0.400. The third-order valence-corrected chi connectivity index (χ3v) is 1.62. The number of nitrogens with one attached hydrogen (secondary N) is 1. The summed E-state index contributed by atoms with van der Waals surface area (Å²) in [6, 6.07) is 0.552. The monoisotopic (exact) mass is 159 g/mol. The molecule has 0 spiro atoms. The zero-order chi connectivity index (χ0) is 8.10. The lowest BCUT2D eigenvalue weighted by Crippen LogP contribution is -2.38. The molecule has 1 fully saturated rings. The highest BCUT2D eigenvalue weighted by atomic mass is 16.6. The summed E-state index contributed by atoms with van der Waals surface area (Å²) in [6.45, 7) is 7.56. The molecule has 1 aliphatic heterocycles. The van der Waals surface area contributed by atoms with Crippen molar-refractivity contribution in [3.63, 3.8) is 0 Å². The number of hydrogen-bond acceptors (Lipinski definition) is 3. The maximum Gasteiger partial charge on any atom is 0.104 e. The van der Waals surface area contributed by atoms with Gasteiger partial charge in [-0.05, 0) is 0 Å². The van der Waals surface area contributed by atoms with Gasteiger partial charge in [-0.25, -0.2) is 0 Å². The van der Waals surface area contributed by atoms with E-state index in [2.05, 4.69) is 19.2 Å². The van der Waals surface area contributed by atoms with Gasteiger partial charge in [-0.3, -0.25) is 0 Å². The van der Waals surface area contributed by atoms with E-state index >= 15 is 0 Å². The molecule has 1 aliphatic rings. The van der Waals surface area contributed by atoms with Crippen LogP contribution in [0.3, 0.4) is 0 Å². The smallest absolute Gasteiger partial charge is 0.104 e. The van der Waals surface area contributed by atoms with Crippen LogP contribution in [0.25, 0.3) is 0 Å². The van der Waals surface area contributed by atoms with Crippen LogP contribution < -0.4 is 5.32 Å². The first-order valence-corrected chi connectivity index (χ1v) is 4.22. The molecule has 0 aromatic carbocycles. The summed E-state index contributed by atoms with van der Waals surface area (Å²) >= 11 is 0. The Morgan fingerprint density at radius 3 is 2.73 bits per heavy atom. The average Bonchev–Trinajstić information content (AvgIpc) is 1.82. The average molecular weight is 159 g/mol. The molecule has 66 valence electrons. The molecule has 11 heavy (non-hydrogen) atoms. The molecule has 0 atom stereocenters. The van der Waals surface area contributed by atoms with Crippen LogP contribution in [0.15, 0.2) is 0 Å². The van der Waals surface area contributed by atoms with Crippen LogP contribution in [0.2, 0.25) is 0 Å². The molecular weight excluding hydrogens is 142 g/mol. The third-order valence-electron chi connectivity index (χ3n) is 1.62. The van der Waals surface area contributed by atoms with Gasteiger partial charge in [0, 0.05) is 12.6 Å². The lowest BCUT2D eigenvalue weighted by molar-refractivity contribution is -0.128. The minimum atomic E-state index is 0.365. The van der Waals surface area contributed by atoms with Gasteiger partial charge in [-0.15, -0.1) is 0 Å². The lowest BCUT2D eigenvalue weighted by atomic mass is 10.3. The van der Waals surface area contributed by atoms with Gasteiger partial charge in [-0.2, -0.15) is 0 Å².